The fourth-order valence-corrected chi connectivity index (χ4v) is 3.16. The normalized spacial score (nSPS) is 16.1. The van der Waals surface area contributed by atoms with Gasteiger partial charge < -0.3 is 9.64 Å². The Balaban J connectivity index is 1.42. The Bertz CT molecular complexity index is 626. The molecule has 2 heterocycles. The highest BCUT2D eigenvalue weighted by atomic mass is 16.5. The zero-order valence-electron chi connectivity index (χ0n) is 14.6. The van der Waals surface area contributed by atoms with Crippen molar-refractivity contribution in [3.05, 3.63) is 48.4 Å². The second-order valence-electron chi connectivity index (χ2n) is 6.36. The number of benzene rings is 1. The second-order valence-corrected chi connectivity index (χ2v) is 6.36. The van der Waals surface area contributed by atoms with Gasteiger partial charge in [0.25, 0.3) is 0 Å². The van der Waals surface area contributed by atoms with E-state index in [1.165, 1.54) is 0 Å². The van der Waals surface area contributed by atoms with Crippen LogP contribution in [0.25, 0.3) is 0 Å². The average molecular weight is 326 g/mol. The summed E-state index contributed by atoms with van der Waals surface area (Å²) in [5.74, 6) is 1.97. The van der Waals surface area contributed by atoms with Gasteiger partial charge in [-0.25, -0.2) is 9.97 Å². The van der Waals surface area contributed by atoms with Gasteiger partial charge in [0, 0.05) is 44.5 Å². The molecule has 0 unspecified atom stereocenters. The molecule has 24 heavy (non-hydrogen) atoms. The van der Waals surface area contributed by atoms with E-state index in [0.717, 1.165) is 56.3 Å². The molecule has 1 aliphatic rings. The predicted molar refractivity (Wildman–Crippen MR) is 96.6 cm³/mol. The third kappa shape index (κ3) is 4.45. The van der Waals surface area contributed by atoms with Crippen LogP contribution < -0.4 is 9.64 Å². The van der Waals surface area contributed by atoms with Gasteiger partial charge in [-0.2, -0.15) is 0 Å². The van der Waals surface area contributed by atoms with Gasteiger partial charge in [0.05, 0.1) is 0 Å². The molecule has 1 aromatic heterocycles. The standard InChI is InChI=1S/C19H26N4O/c1-16-14-19(21-15-20-16)22(2)17-8-10-23(11-9-17)12-13-24-18-6-4-3-5-7-18/h3-7,14-15,17H,8-13H2,1-2H3. The molecule has 5 nitrogen and oxygen atoms in total. The van der Waals surface area contributed by atoms with E-state index in [1.807, 2.05) is 37.3 Å². The van der Waals surface area contributed by atoms with Crippen LogP contribution in [-0.4, -0.2) is 54.2 Å². The van der Waals surface area contributed by atoms with Crippen LogP contribution in [0.3, 0.4) is 0 Å². The number of anilines is 1. The van der Waals surface area contributed by atoms with E-state index >= 15 is 0 Å². The van der Waals surface area contributed by atoms with Crippen molar-refractivity contribution in [3.63, 3.8) is 0 Å². The summed E-state index contributed by atoms with van der Waals surface area (Å²) in [5.41, 5.74) is 1.02. The van der Waals surface area contributed by atoms with E-state index in [9.17, 15) is 0 Å². The van der Waals surface area contributed by atoms with Crippen molar-refractivity contribution in [2.45, 2.75) is 25.8 Å². The predicted octanol–water partition coefficient (Wildman–Crippen LogP) is 2.76. The maximum Gasteiger partial charge on any atom is 0.132 e. The minimum Gasteiger partial charge on any atom is -0.492 e. The Morgan fingerprint density at radius 1 is 1.17 bits per heavy atom. The molecule has 1 aromatic carbocycles. The molecule has 0 atom stereocenters. The summed E-state index contributed by atoms with van der Waals surface area (Å²) >= 11 is 0. The highest BCUT2D eigenvalue weighted by Gasteiger charge is 2.23. The van der Waals surface area contributed by atoms with E-state index in [1.54, 1.807) is 6.33 Å². The van der Waals surface area contributed by atoms with Crippen molar-refractivity contribution in [1.29, 1.82) is 0 Å². The number of aryl methyl sites for hydroxylation is 1. The maximum atomic E-state index is 5.80. The molecule has 0 bridgehead atoms. The van der Waals surface area contributed by atoms with E-state index in [-0.39, 0.29) is 0 Å². The van der Waals surface area contributed by atoms with Crippen LogP contribution in [0.5, 0.6) is 5.75 Å². The first-order valence-corrected chi connectivity index (χ1v) is 8.64. The molecule has 5 heteroatoms. The smallest absolute Gasteiger partial charge is 0.132 e. The number of nitrogens with zero attached hydrogens (tertiary/aromatic N) is 4. The topological polar surface area (TPSA) is 41.5 Å². The molecule has 0 spiro atoms. The lowest BCUT2D eigenvalue weighted by atomic mass is 10.0. The third-order valence-corrected chi connectivity index (χ3v) is 4.68. The Morgan fingerprint density at radius 2 is 1.92 bits per heavy atom. The summed E-state index contributed by atoms with van der Waals surface area (Å²) in [6, 6.07) is 12.6. The Hall–Kier alpha value is -2.14. The highest BCUT2D eigenvalue weighted by Crippen LogP contribution is 2.20. The van der Waals surface area contributed by atoms with Crippen LogP contribution in [-0.2, 0) is 0 Å². The minimum absolute atomic E-state index is 0.547. The first-order chi connectivity index (χ1) is 11.7. The lowest BCUT2D eigenvalue weighted by Crippen LogP contribution is -2.44. The summed E-state index contributed by atoms with van der Waals surface area (Å²) in [6.07, 6.45) is 3.97. The fraction of sp³-hybridized carbons (Fsp3) is 0.474. The summed E-state index contributed by atoms with van der Waals surface area (Å²) in [4.78, 5) is 13.4. The Kier molecular flexibility index (Phi) is 5.64. The van der Waals surface area contributed by atoms with Crippen LogP contribution in [0.2, 0.25) is 0 Å². The van der Waals surface area contributed by atoms with Crippen LogP contribution in [0.1, 0.15) is 18.5 Å². The van der Waals surface area contributed by atoms with Gasteiger partial charge in [-0.1, -0.05) is 18.2 Å². The number of aromatic nitrogens is 2. The van der Waals surface area contributed by atoms with Crippen LogP contribution in [0, 0.1) is 6.92 Å². The number of para-hydroxylation sites is 1. The van der Waals surface area contributed by atoms with Crippen molar-refractivity contribution in [2.24, 2.45) is 0 Å². The molecule has 1 saturated heterocycles. The number of hydrogen-bond acceptors (Lipinski definition) is 5. The quantitative estimate of drug-likeness (QED) is 0.816. The van der Waals surface area contributed by atoms with Crippen LogP contribution >= 0.6 is 0 Å². The summed E-state index contributed by atoms with van der Waals surface area (Å²) in [6.45, 7) is 5.95. The Labute approximate surface area is 144 Å². The monoisotopic (exact) mass is 326 g/mol. The first-order valence-electron chi connectivity index (χ1n) is 8.64. The molecule has 3 rings (SSSR count). The van der Waals surface area contributed by atoms with Gasteiger partial charge in [0.15, 0.2) is 0 Å². The van der Waals surface area contributed by atoms with Crippen molar-refractivity contribution in [2.75, 3.05) is 38.2 Å². The first kappa shape index (κ1) is 16.7. The zero-order chi connectivity index (χ0) is 16.8. The molecule has 2 aromatic rings. The van der Waals surface area contributed by atoms with Crippen LogP contribution in [0.15, 0.2) is 42.7 Å². The largest absolute Gasteiger partial charge is 0.492 e. The molecular formula is C19H26N4O. The minimum atomic E-state index is 0.547. The highest BCUT2D eigenvalue weighted by molar-refractivity contribution is 5.39. The van der Waals surface area contributed by atoms with Gasteiger partial charge in [-0.15, -0.1) is 0 Å². The summed E-state index contributed by atoms with van der Waals surface area (Å²) in [5, 5.41) is 0. The number of piperidine rings is 1. The third-order valence-electron chi connectivity index (χ3n) is 4.68. The Morgan fingerprint density at radius 3 is 2.62 bits per heavy atom. The van der Waals surface area contributed by atoms with Crippen molar-refractivity contribution in [1.82, 2.24) is 14.9 Å². The number of hydrogen-bond donors (Lipinski definition) is 0. The molecule has 0 aliphatic carbocycles. The van der Waals surface area contributed by atoms with Crippen molar-refractivity contribution >= 4 is 5.82 Å². The molecule has 1 aliphatic heterocycles. The fourth-order valence-electron chi connectivity index (χ4n) is 3.16. The molecule has 0 amide bonds. The van der Waals surface area contributed by atoms with Crippen molar-refractivity contribution < 1.29 is 4.74 Å². The van der Waals surface area contributed by atoms with E-state index < -0.39 is 0 Å². The lowest BCUT2D eigenvalue weighted by Gasteiger charge is -2.37. The summed E-state index contributed by atoms with van der Waals surface area (Å²) in [7, 11) is 2.14. The summed E-state index contributed by atoms with van der Waals surface area (Å²) < 4.78 is 5.80. The number of ether oxygens (including phenoxy) is 1. The average Bonchev–Trinajstić information content (AvgIpc) is 2.63. The lowest BCUT2D eigenvalue weighted by molar-refractivity contribution is 0.172. The molecule has 0 N–H and O–H groups in total. The van der Waals surface area contributed by atoms with Gasteiger partial charge in [-0.3, -0.25) is 4.90 Å². The van der Waals surface area contributed by atoms with Crippen molar-refractivity contribution in [3.8, 4) is 5.75 Å². The molecule has 1 fully saturated rings. The molecule has 0 saturated carbocycles. The van der Waals surface area contributed by atoms with Crippen LogP contribution in [0.4, 0.5) is 5.82 Å². The zero-order valence-corrected chi connectivity index (χ0v) is 14.6. The van der Waals surface area contributed by atoms with Gasteiger partial charge in [0.1, 0.15) is 24.5 Å². The van der Waals surface area contributed by atoms with E-state index in [0.29, 0.717) is 6.04 Å². The second kappa shape index (κ2) is 8.11. The van der Waals surface area contributed by atoms with Gasteiger partial charge in [-0.05, 0) is 31.9 Å². The van der Waals surface area contributed by atoms with E-state index in [4.69, 9.17) is 4.74 Å². The van der Waals surface area contributed by atoms with E-state index in [2.05, 4.69) is 32.9 Å². The SMILES string of the molecule is Cc1cc(N(C)C2CCN(CCOc3ccccc3)CC2)ncn1. The number of rotatable bonds is 6. The molecular weight excluding hydrogens is 300 g/mol. The maximum absolute atomic E-state index is 5.80. The number of likely N-dealkylation sites (tertiary alicyclic amines) is 1. The molecule has 128 valence electrons. The molecule has 0 radical (unpaired) electrons. The van der Waals surface area contributed by atoms with Gasteiger partial charge in [0.2, 0.25) is 0 Å². The van der Waals surface area contributed by atoms with Gasteiger partial charge >= 0.3 is 0 Å².